The Morgan fingerprint density at radius 1 is 1.69 bits per heavy atom. The third-order valence-corrected chi connectivity index (χ3v) is 3.04. The second kappa shape index (κ2) is 4.65. The molecule has 16 heavy (non-hydrogen) atoms. The molecule has 1 aliphatic heterocycles. The van der Waals surface area contributed by atoms with E-state index in [1.165, 1.54) is 12.6 Å². The van der Waals surface area contributed by atoms with Gasteiger partial charge >= 0.3 is 5.97 Å². The minimum absolute atomic E-state index is 0.0726. The van der Waals surface area contributed by atoms with Crippen LogP contribution < -0.4 is 0 Å². The summed E-state index contributed by atoms with van der Waals surface area (Å²) in [5, 5.41) is 8.77. The van der Waals surface area contributed by atoms with Crippen molar-refractivity contribution in [3.8, 4) is 0 Å². The van der Waals surface area contributed by atoms with E-state index < -0.39 is 5.97 Å². The molecule has 1 saturated heterocycles. The van der Waals surface area contributed by atoms with Crippen LogP contribution in [0.1, 0.15) is 48.7 Å². The number of carboxylic acid groups (broad SMARTS) is 1. The summed E-state index contributed by atoms with van der Waals surface area (Å²) in [6.07, 6.45) is 4.62. The van der Waals surface area contributed by atoms with Gasteiger partial charge in [0.25, 0.3) is 0 Å². The molecule has 1 aromatic heterocycles. The van der Waals surface area contributed by atoms with E-state index in [4.69, 9.17) is 9.52 Å². The van der Waals surface area contributed by atoms with E-state index >= 15 is 0 Å². The number of likely N-dealkylation sites (tertiary alicyclic amines) is 1. The van der Waals surface area contributed by atoms with E-state index in [9.17, 15) is 4.79 Å². The quantitative estimate of drug-likeness (QED) is 0.849. The maximum absolute atomic E-state index is 10.7. The lowest BCUT2D eigenvalue weighted by Gasteiger charge is -2.32. The summed E-state index contributed by atoms with van der Waals surface area (Å²) in [5.41, 5.74) is 0. The van der Waals surface area contributed by atoms with Crippen molar-refractivity contribution in [2.45, 2.75) is 32.2 Å². The predicted molar refractivity (Wildman–Crippen MR) is 57.3 cm³/mol. The van der Waals surface area contributed by atoms with Crippen LogP contribution in [-0.2, 0) is 0 Å². The van der Waals surface area contributed by atoms with E-state index in [1.54, 1.807) is 0 Å². The highest BCUT2D eigenvalue weighted by Crippen LogP contribution is 2.29. The SMILES string of the molecule is CCN1CCCCC1c1ncc(C(=O)O)o1. The number of nitrogens with zero attached hydrogens (tertiary/aromatic N) is 2. The van der Waals surface area contributed by atoms with Crippen LogP contribution in [0.2, 0.25) is 0 Å². The van der Waals surface area contributed by atoms with Crippen molar-refractivity contribution in [1.82, 2.24) is 9.88 Å². The molecule has 0 aliphatic carbocycles. The topological polar surface area (TPSA) is 66.6 Å². The first-order chi connectivity index (χ1) is 7.72. The number of aromatic nitrogens is 1. The van der Waals surface area contributed by atoms with Crippen molar-refractivity contribution in [3.63, 3.8) is 0 Å². The number of hydrogen-bond donors (Lipinski definition) is 1. The van der Waals surface area contributed by atoms with Crippen LogP contribution in [0.4, 0.5) is 0 Å². The molecular weight excluding hydrogens is 208 g/mol. The van der Waals surface area contributed by atoms with Gasteiger partial charge in [-0.25, -0.2) is 9.78 Å². The van der Waals surface area contributed by atoms with E-state index in [0.717, 1.165) is 25.9 Å². The smallest absolute Gasteiger partial charge is 0.373 e. The molecule has 1 N–H and O–H groups in total. The predicted octanol–water partition coefficient (Wildman–Crippen LogP) is 1.92. The molecule has 5 nitrogen and oxygen atoms in total. The first-order valence-corrected chi connectivity index (χ1v) is 5.65. The van der Waals surface area contributed by atoms with Gasteiger partial charge in [-0.1, -0.05) is 13.3 Å². The third-order valence-electron chi connectivity index (χ3n) is 3.04. The second-order valence-electron chi connectivity index (χ2n) is 4.01. The first kappa shape index (κ1) is 11.1. The first-order valence-electron chi connectivity index (χ1n) is 5.65. The molecule has 2 rings (SSSR count). The van der Waals surface area contributed by atoms with Gasteiger partial charge < -0.3 is 9.52 Å². The lowest BCUT2D eigenvalue weighted by Crippen LogP contribution is -2.33. The molecule has 0 aromatic carbocycles. The lowest BCUT2D eigenvalue weighted by molar-refractivity contribution is 0.0650. The van der Waals surface area contributed by atoms with E-state index in [1.807, 2.05) is 0 Å². The highest BCUT2D eigenvalue weighted by molar-refractivity contribution is 5.83. The molecule has 2 heterocycles. The molecular formula is C11H16N2O3. The summed E-state index contributed by atoms with van der Waals surface area (Å²) in [6, 6.07) is 0.145. The van der Waals surface area contributed by atoms with Crippen molar-refractivity contribution in [1.29, 1.82) is 0 Å². The summed E-state index contributed by atoms with van der Waals surface area (Å²) < 4.78 is 5.26. The molecule has 1 aliphatic rings. The maximum atomic E-state index is 10.7. The number of oxazole rings is 1. The summed E-state index contributed by atoms with van der Waals surface area (Å²) in [4.78, 5) is 17.0. The van der Waals surface area contributed by atoms with Gasteiger partial charge in [-0.15, -0.1) is 0 Å². The Bertz CT molecular complexity index is 375. The van der Waals surface area contributed by atoms with Crippen LogP contribution in [0.5, 0.6) is 0 Å². The van der Waals surface area contributed by atoms with Gasteiger partial charge in [-0.3, -0.25) is 4.90 Å². The largest absolute Gasteiger partial charge is 0.475 e. The van der Waals surface area contributed by atoms with Crippen LogP contribution in [0.25, 0.3) is 0 Å². The number of rotatable bonds is 3. The standard InChI is InChI=1S/C11H16N2O3/c1-2-13-6-4-3-5-8(13)10-12-7-9(16-10)11(14)15/h7-8H,2-6H2,1H3,(H,14,15). The Labute approximate surface area is 94.1 Å². The van der Waals surface area contributed by atoms with Gasteiger partial charge in [-0.05, 0) is 25.9 Å². The summed E-state index contributed by atoms with van der Waals surface area (Å²) >= 11 is 0. The average molecular weight is 224 g/mol. The maximum Gasteiger partial charge on any atom is 0.373 e. The normalized spacial score (nSPS) is 22.2. The molecule has 1 atom stereocenters. The molecule has 0 spiro atoms. The molecule has 1 aromatic rings. The van der Waals surface area contributed by atoms with E-state index in [2.05, 4.69) is 16.8 Å². The minimum atomic E-state index is -1.06. The van der Waals surface area contributed by atoms with Gasteiger partial charge in [-0.2, -0.15) is 0 Å². The van der Waals surface area contributed by atoms with Gasteiger partial charge in [0.2, 0.25) is 11.7 Å². The van der Waals surface area contributed by atoms with Crippen molar-refractivity contribution in [2.24, 2.45) is 0 Å². The second-order valence-corrected chi connectivity index (χ2v) is 4.01. The zero-order valence-corrected chi connectivity index (χ0v) is 9.35. The highest BCUT2D eigenvalue weighted by atomic mass is 16.4. The Morgan fingerprint density at radius 3 is 3.12 bits per heavy atom. The van der Waals surface area contributed by atoms with Crippen molar-refractivity contribution in [2.75, 3.05) is 13.1 Å². The van der Waals surface area contributed by atoms with Crippen LogP contribution in [-0.4, -0.2) is 34.0 Å². The Morgan fingerprint density at radius 2 is 2.50 bits per heavy atom. The monoisotopic (exact) mass is 224 g/mol. The molecule has 1 unspecified atom stereocenters. The Hall–Kier alpha value is -1.36. The molecule has 5 heteroatoms. The van der Waals surface area contributed by atoms with Gasteiger partial charge in [0.1, 0.15) is 0 Å². The molecule has 1 fully saturated rings. The van der Waals surface area contributed by atoms with E-state index in [0.29, 0.717) is 5.89 Å². The summed E-state index contributed by atoms with van der Waals surface area (Å²) in [6.45, 7) is 4.07. The highest BCUT2D eigenvalue weighted by Gasteiger charge is 2.27. The zero-order chi connectivity index (χ0) is 11.5. The zero-order valence-electron chi connectivity index (χ0n) is 9.35. The number of carbonyl (C=O) groups is 1. The fraction of sp³-hybridized carbons (Fsp3) is 0.636. The fourth-order valence-corrected chi connectivity index (χ4v) is 2.19. The molecule has 88 valence electrons. The summed E-state index contributed by atoms with van der Waals surface area (Å²) in [5.74, 6) is -0.590. The van der Waals surface area contributed by atoms with Gasteiger partial charge in [0.05, 0.1) is 12.2 Å². The van der Waals surface area contributed by atoms with Gasteiger partial charge in [0, 0.05) is 0 Å². The number of hydrogen-bond acceptors (Lipinski definition) is 4. The van der Waals surface area contributed by atoms with Gasteiger partial charge in [0.15, 0.2) is 0 Å². The summed E-state index contributed by atoms with van der Waals surface area (Å²) in [7, 11) is 0. The number of carboxylic acids is 1. The lowest BCUT2D eigenvalue weighted by atomic mass is 10.0. The number of aromatic carboxylic acids is 1. The number of piperidine rings is 1. The van der Waals surface area contributed by atoms with Crippen molar-refractivity contribution < 1.29 is 14.3 Å². The van der Waals surface area contributed by atoms with Crippen LogP contribution in [0.3, 0.4) is 0 Å². The van der Waals surface area contributed by atoms with Crippen molar-refractivity contribution in [3.05, 3.63) is 17.8 Å². The molecule has 0 bridgehead atoms. The van der Waals surface area contributed by atoms with E-state index in [-0.39, 0.29) is 11.8 Å². The average Bonchev–Trinajstić information content (AvgIpc) is 2.78. The van der Waals surface area contributed by atoms with Crippen LogP contribution in [0.15, 0.2) is 10.6 Å². The minimum Gasteiger partial charge on any atom is -0.475 e. The molecule has 0 saturated carbocycles. The Balaban J connectivity index is 2.17. The molecule has 0 amide bonds. The molecule has 0 radical (unpaired) electrons. The van der Waals surface area contributed by atoms with Crippen LogP contribution in [0, 0.1) is 0 Å². The fourth-order valence-electron chi connectivity index (χ4n) is 2.19. The third kappa shape index (κ3) is 2.09. The Kier molecular flexibility index (Phi) is 3.24. The van der Waals surface area contributed by atoms with Crippen molar-refractivity contribution >= 4 is 5.97 Å². The van der Waals surface area contributed by atoms with Crippen LogP contribution >= 0.6 is 0 Å².